The number of fused-ring (bicyclic) bond motifs is 1. The number of hydrogen-bond donors (Lipinski definition) is 1. The molecule has 0 aliphatic heterocycles. The Bertz CT molecular complexity index is 1240. The lowest BCUT2D eigenvalue weighted by Gasteiger charge is -2.16. The summed E-state index contributed by atoms with van der Waals surface area (Å²) >= 11 is 0. The fourth-order valence-corrected chi connectivity index (χ4v) is 3.57. The van der Waals surface area contributed by atoms with Crippen molar-refractivity contribution < 1.29 is 9.90 Å². The van der Waals surface area contributed by atoms with Crippen LogP contribution in [0.4, 0.5) is 0 Å². The number of hydrogen-bond acceptors (Lipinski definition) is 3. The molecule has 0 amide bonds. The van der Waals surface area contributed by atoms with Gasteiger partial charge in [0, 0.05) is 17.8 Å². The summed E-state index contributed by atoms with van der Waals surface area (Å²) < 4.78 is 1.78. The molecule has 4 aromatic rings. The molecule has 0 aliphatic rings. The molecule has 0 bridgehead atoms. The van der Waals surface area contributed by atoms with Gasteiger partial charge in [0.15, 0.2) is 5.65 Å². The predicted molar refractivity (Wildman–Crippen MR) is 119 cm³/mol. The van der Waals surface area contributed by atoms with Crippen molar-refractivity contribution in [3.8, 4) is 0 Å². The number of rotatable bonds is 6. The highest BCUT2D eigenvalue weighted by molar-refractivity contribution is 5.98. The molecule has 0 radical (unpaired) electrons. The normalized spacial score (nSPS) is 12.3. The Kier molecular flexibility index (Phi) is 5.52. The van der Waals surface area contributed by atoms with E-state index in [1.807, 2.05) is 54.7 Å². The molecule has 2 aromatic carbocycles. The largest absolute Gasteiger partial charge is 0.478 e. The maximum atomic E-state index is 10.8. The van der Waals surface area contributed by atoms with E-state index in [9.17, 15) is 4.79 Å². The molecule has 0 unspecified atom stereocenters. The van der Waals surface area contributed by atoms with Crippen LogP contribution >= 0.6 is 0 Å². The molecule has 5 heteroatoms. The Morgan fingerprint density at radius 1 is 0.967 bits per heavy atom. The second-order valence-corrected chi connectivity index (χ2v) is 6.85. The first-order valence-corrected chi connectivity index (χ1v) is 9.75. The fourth-order valence-electron chi connectivity index (χ4n) is 3.57. The summed E-state index contributed by atoms with van der Waals surface area (Å²) in [5.74, 6) is -0.960. The molecule has 0 atom stereocenters. The van der Waals surface area contributed by atoms with Crippen molar-refractivity contribution in [1.29, 1.82) is 0 Å². The summed E-state index contributed by atoms with van der Waals surface area (Å²) in [5, 5.41) is 13.1. The maximum absolute atomic E-state index is 10.8. The summed E-state index contributed by atoms with van der Waals surface area (Å²) in [6.07, 6.45) is 7.13. The SMILES string of the molecule is CC/C(=C(/c1ccc(/C=C/C(=O)O)cc1)c1ccc2ncnn2c1)c1ccccc1. The van der Waals surface area contributed by atoms with Gasteiger partial charge in [0.2, 0.25) is 0 Å². The number of aromatic nitrogens is 3. The Balaban J connectivity index is 1.89. The van der Waals surface area contributed by atoms with E-state index >= 15 is 0 Å². The first-order chi connectivity index (χ1) is 14.7. The zero-order chi connectivity index (χ0) is 20.9. The highest BCUT2D eigenvalue weighted by atomic mass is 16.4. The third kappa shape index (κ3) is 4.05. The van der Waals surface area contributed by atoms with E-state index in [-0.39, 0.29) is 0 Å². The standard InChI is InChI=1S/C25H21N3O2/c1-2-22(19-6-4-3-5-7-19)25(21-13-14-23-26-17-27-28(23)16-21)20-11-8-18(9-12-20)10-15-24(29)30/h3-17H,2H2,1H3,(H,29,30)/b15-10+,25-22+. The average molecular weight is 395 g/mol. The van der Waals surface area contributed by atoms with Crippen LogP contribution in [0.5, 0.6) is 0 Å². The second kappa shape index (κ2) is 8.57. The molecule has 0 spiro atoms. The van der Waals surface area contributed by atoms with Gasteiger partial charge in [-0.1, -0.05) is 61.5 Å². The molecule has 0 saturated carbocycles. The van der Waals surface area contributed by atoms with Crippen LogP contribution in [0, 0.1) is 0 Å². The van der Waals surface area contributed by atoms with Crippen LogP contribution < -0.4 is 0 Å². The van der Waals surface area contributed by atoms with Crippen LogP contribution in [-0.2, 0) is 4.79 Å². The van der Waals surface area contributed by atoms with E-state index in [1.54, 1.807) is 16.9 Å². The van der Waals surface area contributed by atoms with Crippen LogP contribution in [0.3, 0.4) is 0 Å². The summed E-state index contributed by atoms with van der Waals surface area (Å²) in [5.41, 5.74) is 7.25. The minimum Gasteiger partial charge on any atom is -0.478 e. The number of pyridine rings is 1. The number of carboxylic acids is 1. The van der Waals surface area contributed by atoms with Crippen LogP contribution in [0.15, 0.2) is 85.3 Å². The van der Waals surface area contributed by atoms with E-state index < -0.39 is 5.97 Å². The van der Waals surface area contributed by atoms with Crippen molar-refractivity contribution >= 4 is 28.8 Å². The zero-order valence-electron chi connectivity index (χ0n) is 16.6. The maximum Gasteiger partial charge on any atom is 0.328 e. The van der Waals surface area contributed by atoms with Gasteiger partial charge in [-0.3, -0.25) is 0 Å². The smallest absolute Gasteiger partial charge is 0.328 e. The molecule has 1 N–H and O–H groups in total. The monoisotopic (exact) mass is 395 g/mol. The van der Waals surface area contributed by atoms with Crippen molar-refractivity contribution in [3.63, 3.8) is 0 Å². The number of aliphatic carboxylic acids is 1. The molecule has 0 fully saturated rings. The first-order valence-electron chi connectivity index (χ1n) is 9.75. The lowest BCUT2D eigenvalue weighted by molar-refractivity contribution is -0.131. The van der Waals surface area contributed by atoms with Crippen LogP contribution in [-0.4, -0.2) is 25.7 Å². The van der Waals surface area contributed by atoms with Gasteiger partial charge in [-0.05, 0) is 52.5 Å². The lowest BCUT2D eigenvalue weighted by Crippen LogP contribution is -1.98. The van der Waals surface area contributed by atoms with Crippen molar-refractivity contribution in [3.05, 3.63) is 108 Å². The fraction of sp³-hybridized carbons (Fsp3) is 0.0800. The molecule has 2 heterocycles. The summed E-state index contributed by atoms with van der Waals surface area (Å²) in [7, 11) is 0. The van der Waals surface area contributed by atoms with E-state index in [2.05, 4.69) is 35.2 Å². The topological polar surface area (TPSA) is 67.5 Å². The zero-order valence-corrected chi connectivity index (χ0v) is 16.6. The minimum absolute atomic E-state index is 0.796. The van der Waals surface area contributed by atoms with Crippen LogP contribution in [0.2, 0.25) is 0 Å². The lowest BCUT2D eigenvalue weighted by atomic mass is 9.88. The molecule has 30 heavy (non-hydrogen) atoms. The van der Waals surface area contributed by atoms with Gasteiger partial charge in [-0.15, -0.1) is 0 Å². The number of carbonyl (C=O) groups is 1. The van der Waals surface area contributed by atoms with Crippen molar-refractivity contribution in [2.24, 2.45) is 0 Å². The molecular weight excluding hydrogens is 374 g/mol. The molecule has 0 aliphatic carbocycles. The van der Waals surface area contributed by atoms with Crippen molar-refractivity contribution in [2.75, 3.05) is 0 Å². The Morgan fingerprint density at radius 2 is 1.70 bits per heavy atom. The van der Waals surface area contributed by atoms with Crippen LogP contribution in [0.25, 0.3) is 22.9 Å². The molecule has 2 aromatic heterocycles. The Morgan fingerprint density at radius 3 is 2.40 bits per heavy atom. The summed E-state index contributed by atoms with van der Waals surface area (Å²) in [4.78, 5) is 15.0. The van der Waals surface area contributed by atoms with Gasteiger partial charge in [-0.2, -0.15) is 5.10 Å². The number of nitrogens with zero attached hydrogens (tertiary/aromatic N) is 3. The van der Waals surface area contributed by atoms with Gasteiger partial charge >= 0.3 is 5.97 Å². The van der Waals surface area contributed by atoms with E-state index in [0.717, 1.165) is 40.4 Å². The van der Waals surface area contributed by atoms with Crippen LogP contribution in [0.1, 0.15) is 35.6 Å². The molecule has 0 saturated heterocycles. The third-order valence-electron chi connectivity index (χ3n) is 4.96. The first kappa shape index (κ1) is 19.3. The number of carboxylic acid groups (broad SMARTS) is 1. The number of benzene rings is 2. The highest BCUT2D eigenvalue weighted by Gasteiger charge is 2.14. The van der Waals surface area contributed by atoms with Gasteiger partial charge in [-0.25, -0.2) is 14.3 Å². The summed E-state index contributed by atoms with van der Waals surface area (Å²) in [6, 6.07) is 22.3. The highest BCUT2D eigenvalue weighted by Crippen LogP contribution is 2.34. The van der Waals surface area contributed by atoms with Crippen molar-refractivity contribution in [2.45, 2.75) is 13.3 Å². The molecular formula is C25H21N3O2. The van der Waals surface area contributed by atoms with E-state index in [1.165, 1.54) is 11.1 Å². The summed E-state index contributed by atoms with van der Waals surface area (Å²) in [6.45, 7) is 2.15. The molecule has 148 valence electrons. The predicted octanol–water partition coefficient (Wildman–Crippen LogP) is 5.20. The quantitative estimate of drug-likeness (QED) is 0.360. The Labute approximate surface area is 174 Å². The van der Waals surface area contributed by atoms with E-state index in [4.69, 9.17) is 5.11 Å². The van der Waals surface area contributed by atoms with Gasteiger partial charge in [0.1, 0.15) is 6.33 Å². The van der Waals surface area contributed by atoms with E-state index in [0.29, 0.717) is 0 Å². The minimum atomic E-state index is -0.960. The van der Waals surface area contributed by atoms with Crippen molar-refractivity contribution in [1.82, 2.24) is 14.6 Å². The third-order valence-corrected chi connectivity index (χ3v) is 4.96. The molecule has 5 nitrogen and oxygen atoms in total. The average Bonchev–Trinajstić information content (AvgIpc) is 3.25. The second-order valence-electron chi connectivity index (χ2n) is 6.85. The molecule has 4 rings (SSSR count). The number of allylic oxidation sites excluding steroid dienone is 1. The van der Waals surface area contributed by atoms with Gasteiger partial charge in [0.25, 0.3) is 0 Å². The van der Waals surface area contributed by atoms with Gasteiger partial charge < -0.3 is 5.11 Å². The Hall–Kier alpha value is -3.99. The van der Waals surface area contributed by atoms with Gasteiger partial charge in [0.05, 0.1) is 0 Å².